The summed E-state index contributed by atoms with van der Waals surface area (Å²) in [6.07, 6.45) is 0. The van der Waals surface area contributed by atoms with Gasteiger partial charge in [0, 0.05) is 24.7 Å². The first-order chi connectivity index (χ1) is 8.25. The molecular formula is C14H15NO2. The van der Waals surface area contributed by atoms with Crippen molar-refractivity contribution in [1.29, 1.82) is 0 Å². The highest BCUT2D eigenvalue weighted by Gasteiger charge is 2.01. The van der Waals surface area contributed by atoms with Gasteiger partial charge < -0.3 is 15.5 Å². The van der Waals surface area contributed by atoms with Crippen molar-refractivity contribution in [2.45, 2.75) is 13.1 Å². The van der Waals surface area contributed by atoms with Crippen LogP contribution in [0.3, 0.4) is 0 Å². The monoisotopic (exact) mass is 229 g/mol. The van der Waals surface area contributed by atoms with E-state index in [1.165, 1.54) is 11.6 Å². The Balaban J connectivity index is 1.90. The van der Waals surface area contributed by atoms with Gasteiger partial charge in [-0.2, -0.15) is 0 Å². The molecule has 2 rings (SSSR count). The highest BCUT2D eigenvalue weighted by molar-refractivity contribution is 5.38. The third kappa shape index (κ3) is 3.23. The predicted molar refractivity (Wildman–Crippen MR) is 66.8 cm³/mol. The summed E-state index contributed by atoms with van der Waals surface area (Å²) in [6.45, 7) is 1.32. The van der Waals surface area contributed by atoms with Crippen LogP contribution in [-0.4, -0.2) is 10.2 Å². The Morgan fingerprint density at radius 3 is 2.35 bits per heavy atom. The number of nitrogens with one attached hydrogen (secondary N) is 1. The second-order valence-electron chi connectivity index (χ2n) is 3.90. The van der Waals surface area contributed by atoms with E-state index in [1.54, 1.807) is 12.1 Å². The predicted octanol–water partition coefficient (Wildman–Crippen LogP) is 2.39. The van der Waals surface area contributed by atoms with E-state index in [0.29, 0.717) is 6.54 Å². The molecule has 0 aliphatic rings. The van der Waals surface area contributed by atoms with Gasteiger partial charge in [-0.25, -0.2) is 0 Å². The molecular weight excluding hydrogens is 214 g/mol. The summed E-state index contributed by atoms with van der Waals surface area (Å²) in [4.78, 5) is 0. The molecule has 0 amide bonds. The molecule has 0 saturated carbocycles. The molecule has 0 atom stereocenters. The van der Waals surface area contributed by atoms with Crippen molar-refractivity contribution in [2.24, 2.45) is 0 Å². The maximum atomic E-state index is 9.59. The second-order valence-corrected chi connectivity index (χ2v) is 3.90. The largest absolute Gasteiger partial charge is 0.508 e. The zero-order chi connectivity index (χ0) is 12.1. The lowest BCUT2D eigenvalue weighted by Gasteiger charge is -2.07. The standard InChI is InChI=1S/C14H15NO2/c16-13-7-6-12(14(17)8-13)10-15-9-11-4-2-1-3-5-11/h1-8,15-17H,9-10H2. The minimum absolute atomic E-state index is 0.0781. The molecule has 88 valence electrons. The highest BCUT2D eigenvalue weighted by atomic mass is 16.3. The van der Waals surface area contributed by atoms with E-state index in [2.05, 4.69) is 5.32 Å². The van der Waals surface area contributed by atoms with Crippen molar-refractivity contribution in [3.05, 3.63) is 59.7 Å². The van der Waals surface area contributed by atoms with Crippen LogP contribution in [0.25, 0.3) is 0 Å². The van der Waals surface area contributed by atoms with E-state index in [0.717, 1.165) is 12.1 Å². The topological polar surface area (TPSA) is 52.5 Å². The van der Waals surface area contributed by atoms with Crippen LogP contribution in [-0.2, 0) is 13.1 Å². The number of phenolic OH excluding ortho intramolecular Hbond substituents is 2. The maximum absolute atomic E-state index is 9.59. The zero-order valence-electron chi connectivity index (χ0n) is 9.43. The summed E-state index contributed by atoms with van der Waals surface area (Å²) >= 11 is 0. The molecule has 0 aromatic heterocycles. The number of hydrogen-bond donors (Lipinski definition) is 3. The fraction of sp³-hybridized carbons (Fsp3) is 0.143. The first-order valence-corrected chi connectivity index (χ1v) is 5.51. The van der Waals surface area contributed by atoms with Gasteiger partial charge >= 0.3 is 0 Å². The number of benzene rings is 2. The fourth-order valence-corrected chi connectivity index (χ4v) is 1.64. The van der Waals surface area contributed by atoms with Gasteiger partial charge in [-0.3, -0.25) is 0 Å². The Labute approximate surface area is 100 Å². The molecule has 0 bridgehead atoms. The van der Waals surface area contributed by atoms with Crippen LogP contribution in [0.5, 0.6) is 11.5 Å². The van der Waals surface area contributed by atoms with E-state index in [4.69, 9.17) is 5.11 Å². The summed E-state index contributed by atoms with van der Waals surface area (Å²) in [5.41, 5.74) is 1.98. The van der Waals surface area contributed by atoms with Gasteiger partial charge in [-0.05, 0) is 11.6 Å². The molecule has 0 saturated heterocycles. The van der Waals surface area contributed by atoms with Crippen LogP contribution in [0.1, 0.15) is 11.1 Å². The number of hydrogen-bond acceptors (Lipinski definition) is 3. The SMILES string of the molecule is Oc1ccc(CNCc2ccccc2)c(O)c1. The Hall–Kier alpha value is -2.00. The zero-order valence-corrected chi connectivity index (χ0v) is 9.43. The summed E-state index contributed by atoms with van der Waals surface area (Å²) < 4.78 is 0. The molecule has 0 radical (unpaired) electrons. The van der Waals surface area contributed by atoms with Crippen LogP contribution >= 0.6 is 0 Å². The van der Waals surface area contributed by atoms with Crippen LogP contribution in [0, 0.1) is 0 Å². The summed E-state index contributed by atoms with van der Waals surface area (Å²) in [5.74, 6) is 0.194. The Bertz CT molecular complexity index is 483. The number of rotatable bonds is 4. The molecule has 3 nitrogen and oxygen atoms in total. The molecule has 0 fully saturated rings. The normalized spacial score (nSPS) is 10.4. The van der Waals surface area contributed by atoms with Crippen LogP contribution in [0.4, 0.5) is 0 Å². The molecule has 2 aromatic rings. The van der Waals surface area contributed by atoms with Crippen LogP contribution < -0.4 is 5.32 Å². The van der Waals surface area contributed by atoms with E-state index < -0.39 is 0 Å². The van der Waals surface area contributed by atoms with Gasteiger partial charge in [0.25, 0.3) is 0 Å². The average molecular weight is 229 g/mol. The number of aromatic hydroxyl groups is 2. The molecule has 2 aromatic carbocycles. The Morgan fingerprint density at radius 2 is 1.65 bits per heavy atom. The van der Waals surface area contributed by atoms with Crippen molar-refractivity contribution < 1.29 is 10.2 Å². The Kier molecular flexibility index (Phi) is 3.62. The summed E-state index contributed by atoms with van der Waals surface area (Å²) in [7, 11) is 0. The highest BCUT2D eigenvalue weighted by Crippen LogP contribution is 2.22. The Morgan fingerprint density at radius 1 is 0.882 bits per heavy atom. The van der Waals surface area contributed by atoms with Gasteiger partial charge in [-0.15, -0.1) is 0 Å². The average Bonchev–Trinajstić information content (AvgIpc) is 2.33. The van der Waals surface area contributed by atoms with Crippen molar-refractivity contribution in [1.82, 2.24) is 5.32 Å². The summed E-state index contributed by atoms with van der Waals surface area (Å²) in [6, 6.07) is 14.7. The molecule has 0 heterocycles. The van der Waals surface area contributed by atoms with Gasteiger partial charge in [0.2, 0.25) is 0 Å². The molecule has 0 spiro atoms. The smallest absolute Gasteiger partial charge is 0.123 e. The molecule has 3 N–H and O–H groups in total. The van der Waals surface area contributed by atoms with Crippen molar-refractivity contribution in [3.8, 4) is 11.5 Å². The maximum Gasteiger partial charge on any atom is 0.123 e. The van der Waals surface area contributed by atoms with Gasteiger partial charge in [0.1, 0.15) is 11.5 Å². The number of phenols is 2. The van der Waals surface area contributed by atoms with Gasteiger partial charge in [0.15, 0.2) is 0 Å². The van der Waals surface area contributed by atoms with Crippen molar-refractivity contribution in [3.63, 3.8) is 0 Å². The molecule has 17 heavy (non-hydrogen) atoms. The first-order valence-electron chi connectivity index (χ1n) is 5.51. The molecule has 0 aliphatic heterocycles. The van der Waals surface area contributed by atoms with E-state index in [1.807, 2.05) is 30.3 Å². The second kappa shape index (κ2) is 5.37. The first kappa shape index (κ1) is 11.5. The molecule has 0 unspecified atom stereocenters. The van der Waals surface area contributed by atoms with Crippen molar-refractivity contribution >= 4 is 0 Å². The minimum Gasteiger partial charge on any atom is -0.508 e. The van der Waals surface area contributed by atoms with E-state index >= 15 is 0 Å². The lowest BCUT2D eigenvalue weighted by molar-refractivity contribution is 0.443. The van der Waals surface area contributed by atoms with Gasteiger partial charge in [0.05, 0.1) is 0 Å². The van der Waals surface area contributed by atoms with Crippen molar-refractivity contribution in [2.75, 3.05) is 0 Å². The minimum atomic E-state index is 0.0781. The third-order valence-electron chi connectivity index (χ3n) is 2.56. The molecule has 3 heteroatoms. The lowest BCUT2D eigenvalue weighted by atomic mass is 10.2. The molecule has 0 aliphatic carbocycles. The quantitative estimate of drug-likeness (QED) is 0.754. The van der Waals surface area contributed by atoms with Gasteiger partial charge in [-0.1, -0.05) is 36.4 Å². The van der Waals surface area contributed by atoms with E-state index in [-0.39, 0.29) is 11.5 Å². The van der Waals surface area contributed by atoms with Crippen LogP contribution in [0.15, 0.2) is 48.5 Å². The lowest BCUT2D eigenvalue weighted by Crippen LogP contribution is -2.12. The summed E-state index contributed by atoms with van der Waals surface area (Å²) in [5, 5.41) is 22.0. The fourth-order valence-electron chi connectivity index (χ4n) is 1.64. The van der Waals surface area contributed by atoms with E-state index in [9.17, 15) is 5.11 Å². The van der Waals surface area contributed by atoms with Crippen LogP contribution in [0.2, 0.25) is 0 Å². The third-order valence-corrected chi connectivity index (χ3v) is 2.56.